The van der Waals surface area contributed by atoms with Gasteiger partial charge in [0, 0.05) is 16.7 Å². The van der Waals surface area contributed by atoms with E-state index in [1.165, 1.54) is 24.3 Å². The highest BCUT2D eigenvalue weighted by Gasteiger charge is 2.08. The summed E-state index contributed by atoms with van der Waals surface area (Å²) >= 11 is 5.75. The van der Waals surface area contributed by atoms with Crippen LogP contribution in [-0.4, -0.2) is 4.98 Å². The van der Waals surface area contributed by atoms with Crippen LogP contribution >= 0.6 is 11.6 Å². The smallest absolute Gasteiger partial charge is 0.217 e. The molecule has 94 valence electrons. The summed E-state index contributed by atoms with van der Waals surface area (Å²) in [6.07, 6.45) is 0. The molecule has 0 aliphatic heterocycles. The summed E-state index contributed by atoms with van der Waals surface area (Å²) in [6, 6.07) is 6.75. The predicted octanol–water partition coefficient (Wildman–Crippen LogP) is 3.17. The molecule has 1 heterocycles. The lowest BCUT2D eigenvalue weighted by Gasteiger charge is -2.07. The molecule has 3 nitrogen and oxygen atoms in total. The number of anilines is 1. The van der Waals surface area contributed by atoms with Crippen LogP contribution in [0, 0.1) is 11.6 Å². The van der Waals surface area contributed by atoms with Crippen molar-refractivity contribution in [1.29, 1.82) is 0 Å². The number of nitrogen functional groups attached to an aromatic ring is 1. The number of aromatic nitrogens is 1. The van der Waals surface area contributed by atoms with E-state index < -0.39 is 11.6 Å². The molecule has 0 saturated carbocycles. The quantitative estimate of drug-likeness (QED) is 0.932. The zero-order chi connectivity index (χ0) is 13.1. The average molecular weight is 271 g/mol. The Morgan fingerprint density at radius 1 is 1.28 bits per heavy atom. The number of pyridine rings is 1. The maximum atomic E-state index is 13.3. The molecule has 0 atom stereocenters. The summed E-state index contributed by atoms with van der Waals surface area (Å²) in [5.74, 6) is -1.51. The molecule has 0 aliphatic carbocycles. The van der Waals surface area contributed by atoms with E-state index >= 15 is 0 Å². The van der Waals surface area contributed by atoms with Crippen LogP contribution in [-0.2, 0) is 6.61 Å². The molecule has 0 aliphatic rings. The van der Waals surface area contributed by atoms with E-state index in [-0.39, 0.29) is 23.9 Å². The van der Waals surface area contributed by atoms with Gasteiger partial charge in [0.2, 0.25) is 5.88 Å². The Hall–Kier alpha value is -1.88. The van der Waals surface area contributed by atoms with Gasteiger partial charge < -0.3 is 10.5 Å². The number of rotatable bonds is 3. The Morgan fingerprint density at radius 2 is 2.06 bits per heavy atom. The average Bonchev–Trinajstić information content (AvgIpc) is 2.30. The SMILES string of the molecule is Nc1cc(Cl)cc(OCc2cccc(F)c2F)n1. The molecule has 18 heavy (non-hydrogen) atoms. The van der Waals surface area contributed by atoms with E-state index in [0.717, 1.165) is 6.07 Å². The van der Waals surface area contributed by atoms with Crippen LogP contribution in [0.4, 0.5) is 14.6 Å². The third-order valence-electron chi connectivity index (χ3n) is 2.19. The third-order valence-corrected chi connectivity index (χ3v) is 2.41. The van der Waals surface area contributed by atoms with Crippen LogP contribution in [0.15, 0.2) is 30.3 Å². The maximum absolute atomic E-state index is 13.3. The molecule has 2 N–H and O–H groups in total. The van der Waals surface area contributed by atoms with Crippen LogP contribution in [0.25, 0.3) is 0 Å². The number of ether oxygens (including phenoxy) is 1. The van der Waals surface area contributed by atoms with Crippen LogP contribution in [0.2, 0.25) is 5.02 Å². The zero-order valence-electron chi connectivity index (χ0n) is 9.16. The van der Waals surface area contributed by atoms with Gasteiger partial charge in [-0.3, -0.25) is 0 Å². The van der Waals surface area contributed by atoms with Crippen LogP contribution in [0.5, 0.6) is 5.88 Å². The summed E-state index contributed by atoms with van der Waals surface area (Å²) in [5, 5.41) is 0.359. The number of hydrogen-bond acceptors (Lipinski definition) is 3. The van der Waals surface area contributed by atoms with E-state index in [1.807, 2.05) is 0 Å². The van der Waals surface area contributed by atoms with Crippen LogP contribution in [0.3, 0.4) is 0 Å². The van der Waals surface area contributed by atoms with E-state index in [1.54, 1.807) is 0 Å². The molecule has 0 fully saturated rings. The van der Waals surface area contributed by atoms with Crippen LogP contribution < -0.4 is 10.5 Å². The molecule has 2 aromatic rings. The number of benzene rings is 1. The van der Waals surface area contributed by atoms with Crippen molar-refractivity contribution in [3.05, 3.63) is 52.6 Å². The molecule has 1 aromatic heterocycles. The number of halogens is 3. The summed E-state index contributed by atoms with van der Waals surface area (Å²) < 4.78 is 31.5. The van der Waals surface area contributed by atoms with Gasteiger partial charge in [-0.1, -0.05) is 23.7 Å². The predicted molar refractivity (Wildman–Crippen MR) is 64.3 cm³/mol. The van der Waals surface area contributed by atoms with Crippen molar-refractivity contribution in [2.75, 3.05) is 5.73 Å². The van der Waals surface area contributed by atoms with Crippen molar-refractivity contribution >= 4 is 17.4 Å². The van der Waals surface area contributed by atoms with Gasteiger partial charge >= 0.3 is 0 Å². The summed E-state index contributed by atoms with van der Waals surface area (Å²) in [6.45, 7) is -0.156. The molecule has 2 rings (SSSR count). The van der Waals surface area contributed by atoms with Crippen molar-refractivity contribution in [3.8, 4) is 5.88 Å². The van der Waals surface area contributed by atoms with Gasteiger partial charge in [0.1, 0.15) is 12.4 Å². The first-order valence-electron chi connectivity index (χ1n) is 5.05. The van der Waals surface area contributed by atoms with Crippen molar-refractivity contribution in [2.45, 2.75) is 6.61 Å². The molecule has 1 aromatic carbocycles. The van der Waals surface area contributed by atoms with Gasteiger partial charge in [0.05, 0.1) is 0 Å². The zero-order valence-corrected chi connectivity index (χ0v) is 9.92. The van der Waals surface area contributed by atoms with E-state index in [4.69, 9.17) is 22.1 Å². The summed E-state index contributed by atoms with van der Waals surface area (Å²) in [4.78, 5) is 3.86. The highest BCUT2D eigenvalue weighted by atomic mass is 35.5. The van der Waals surface area contributed by atoms with Crippen molar-refractivity contribution in [2.24, 2.45) is 0 Å². The van der Waals surface area contributed by atoms with E-state index in [0.29, 0.717) is 5.02 Å². The first kappa shape index (κ1) is 12.6. The second-order valence-electron chi connectivity index (χ2n) is 3.55. The minimum Gasteiger partial charge on any atom is -0.473 e. The fourth-order valence-electron chi connectivity index (χ4n) is 1.38. The minimum atomic E-state index is -0.938. The van der Waals surface area contributed by atoms with Gasteiger partial charge in [0.25, 0.3) is 0 Å². The van der Waals surface area contributed by atoms with Crippen LogP contribution in [0.1, 0.15) is 5.56 Å². The lowest BCUT2D eigenvalue weighted by Crippen LogP contribution is -2.02. The number of nitrogens with zero attached hydrogens (tertiary/aromatic N) is 1. The second-order valence-corrected chi connectivity index (χ2v) is 3.99. The molecule has 6 heteroatoms. The van der Waals surface area contributed by atoms with Gasteiger partial charge in [-0.05, 0) is 12.1 Å². The molecule has 0 radical (unpaired) electrons. The van der Waals surface area contributed by atoms with E-state index in [9.17, 15) is 8.78 Å². The Bertz CT molecular complexity index is 558. The lowest BCUT2D eigenvalue weighted by atomic mass is 10.2. The standard InChI is InChI=1S/C12H9ClF2N2O/c13-8-4-10(16)17-11(5-8)18-6-7-2-1-3-9(14)12(7)15/h1-5H,6H2,(H2,16,17). The minimum absolute atomic E-state index is 0.0929. The Labute approximate surface area is 107 Å². The number of hydrogen-bond donors (Lipinski definition) is 1. The monoisotopic (exact) mass is 270 g/mol. The van der Waals surface area contributed by atoms with Crippen molar-refractivity contribution in [3.63, 3.8) is 0 Å². The molecule has 0 unspecified atom stereocenters. The van der Waals surface area contributed by atoms with Gasteiger partial charge in [-0.25, -0.2) is 8.78 Å². The molecular formula is C12H9ClF2N2O. The van der Waals surface area contributed by atoms with Crippen molar-refractivity contribution in [1.82, 2.24) is 4.98 Å². The molecular weight excluding hydrogens is 262 g/mol. The van der Waals surface area contributed by atoms with Crippen molar-refractivity contribution < 1.29 is 13.5 Å². The Balaban J connectivity index is 2.14. The summed E-state index contributed by atoms with van der Waals surface area (Å²) in [7, 11) is 0. The topological polar surface area (TPSA) is 48.1 Å². The fraction of sp³-hybridized carbons (Fsp3) is 0.0833. The lowest BCUT2D eigenvalue weighted by molar-refractivity contribution is 0.286. The highest BCUT2D eigenvalue weighted by Crippen LogP contribution is 2.20. The maximum Gasteiger partial charge on any atom is 0.217 e. The fourth-order valence-corrected chi connectivity index (χ4v) is 1.58. The van der Waals surface area contributed by atoms with Gasteiger partial charge in [0.15, 0.2) is 11.6 Å². The molecule has 0 amide bonds. The summed E-state index contributed by atoms with van der Waals surface area (Å²) in [5.41, 5.74) is 5.57. The highest BCUT2D eigenvalue weighted by molar-refractivity contribution is 6.30. The van der Waals surface area contributed by atoms with Gasteiger partial charge in [-0.2, -0.15) is 4.98 Å². The molecule has 0 bridgehead atoms. The molecule has 0 saturated heterocycles. The first-order valence-corrected chi connectivity index (χ1v) is 5.43. The normalized spacial score (nSPS) is 10.4. The molecule has 0 spiro atoms. The van der Waals surface area contributed by atoms with E-state index in [2.05, 4.69) is 4.98 Å². The Morgan fingerprint density at radius 3 is 2.78 bits per heavy atom. The van der Waals surface area contributed by atoms with Gasteiger partial charge in [-0.15, -0.1) is 0 Å². The third kappa shape index (κ3) is 2.87. The number of nitrogens with two attached hydrogens (primary N) is 1. The second kappa shape index (κ2) is 5.18. The Kier molecular flexibility index (Phi) is 3.62. The largest absolute Gasteiger partial charge is 0.473 e. The first-order chi connectivity index (χ1) is 8.56.